The van der Waals surface area contributed by atoms with Gasteiger partial charge in [-0.1, -0.05) is 35.9 Å². The first-order valence-electron chi connectivity index (χ1n) is 7.14. The van der Waals surface area contributed by atoms with Gasteiger partial charge >= 0.3 is 12.2 Å². The first-order chi connectivity index (χ1) is 11.8. The number of halogens is 4. The number of aromatic nitrogens is 3. The van der Waals surface area contributed by atoms with Gasteiger partial charge in [0, 0.05) is 11.1 Å². The van der Waals surface area contributed by atoms with Gasteiger partial charge in [-0.3, -0.25) is 0 Å². The number of aromatic hydroxyl groups is 1. The van der Waals surface area contributed by atoms with Crippen LogP contribution < -0.4 is 0 Å². The van der Waals surface area contributed by atoms with Crippen molar-refractivity contribution >= 4 is 11.6 Å². The van der Waals surface area contributed by atoms with E-state index in [0.717, 1.165) is 17.7 Å². The zero-order valence-electron chi connectivity index (χ0n) is 12.8. The smallest absolute Gasteiger partial charge is 0.416 e. The predicted octanol–water partition coefficient (Wildman–Crippen LogP) is 4.89. The van der Waals surface area contributed by atoms with Crippen LogP contribution in [0.4, 0.5) is 13.2 Å². The molecule has 0 bridgehead atoms. The highest BCUT2D eigenvalue weighted by Crippen LogP contribution is 2.32. The molecule has 1 N–H and O–H groups in total. The fourth-order valence-electron chi connectivity index (χ4n) is 2.33. The minimum Gasteiger partial charge on any atom is -0.479 e. The van der Waals surface area contributed by atoms with Crippen molar-refractivity contribution in [3.8, 4) is 28.8 Å². The van der Waals surface area contributed by atoms with Crippen molar-refractivity contribution in [3.63, 3.8) is 0 Å². The molecular formula is C17H11ClF3N3O. The molecule has 0 spiro atoms. The van der Waals surface area contributed by atoms with Gasteiger partial charge in [0.05, 0.1) is 10.6 Å². The van der Waals surface area contributed by atoms with Crippen molar-refractivity contribution in [2.24, 2.45) is 0 Å². The molecule has 0 saturated heterocycles. The van der Waals surface area contributed by atoms with E-state index in [2.05, 4.69) is 15.0 Å². The lowest BCUT2D eigenvalue weighted by molar-refractivity contribution is -0.137. The molecule has 25 heavy (non-hydrogen) atoms. The molecule has 0 amide bonds. The average molecular weight is 366 g/mol. The number of benzene rings is 2. The van der Waals surface area contributed by atoms with Crippen LogP contribution in [0, 0.1) is 6.92 Å². The summed E-state index contributed by atoms with van der Waals surface area (Å²) in [4.78, 5) is 11.9. The minimum atomic E-state index is -4.43. The number of aryl methyl sites for hydroxylation is 1. The van der Waals surface area contributed by atoms with Crippen molar-refractivity contribution in [3.05, 3.63) is 58.6 Å². The van der Waals surface area contributed by atoms with Crippen molar-refractivity contribution < 1.29 is 18.3 Å². The predicted molar refractivity (Wildman–Crippen MR) is 87.1 cm³/mol. The normalized spacial score (nSPS) is 11.6. The largest absolute Gasteiger partial charge is 0.479 e. The molecule has 0 aliphatic rings. The molecule has 3 rings (SSSR count). The molecule has 3 aromatic rings. The average Bonchev–Trinajstić information content (AvgIpc) is 2.53. The number of hydrogen-bond acceptors (Lipinski definition) is 4. The molecule has 0 aliphatic heterocycles. The highest BCUT2D eigenvalue weighted by molar-refractivity contribution is 6.33. The summed E-state index contributed by atoms with van der Waals surface area (Å²) in [5, 5.41) is 10.2. The van der Waals surface area contributed by atoms with E-state index in [1.165, 1.54) is 12.1 Å². The summed E-state index contributed by atoms with van der Waals surface area (Å²) in [6.07, 6.45) is -4.43. The third-order valence-electron chi connectivity index (χ3n) is 3.54. The Kier molecular flexibility index (Phi) is 4.34. The lowest BCUT2D eigenvalue weighted by Crippen LogP contribution is -2.04. The lowest BCUT2D eigenvalue weighted by Gasteiger charge is -2.10. The van der Waals surface area contributed by atoms with Crippen molar-refractivity contribution in [1.29, 1.82) is 0 Å². The van der Waals surface area contributed by atoms with Gasteiger partial charge in [0.15, 0.2) is 11.6 Å². The lowest BCUT2D eigenvalue weighted by atomic mass is 10.1. The fraction of sp³-hybridized carbons (Fsp3) is 0.118. The van der Waals surface area contributed by atoms with E-state index in [-0.39, 0.29) is 11.6 Å². The van der Waals surface area contributed by atoms with Crippen LogP contribution in [0.2, 0.25) is 5.02 Å². The Hall–Kier alpha value is -2.67. The molecule has 8 heteroatoms. The zero-order valence-corrected chi connectivity index (χ0v) is 13.6. The fourth-order valence-corrected chi connectivity index (χ4v) is 2.64. The van der Waals surface area contributed by atoms with Crippen LogP contribution in [0.5, 0.6) is 6.01 Å². The van der Waals surface area contributed by atoms with Crippen LogP contribution in [-0.2, 0) is 6.18 Å². The maximum absolute atomic E-state index is 12.7. The first-order valence-corrected chi connectivity index (χ1v) is 7.51. The Morgan fingerprint density at radius 3 is 2.16 bits per heavy atom. The Bertz CT molecular complexity index is 907. The Morgan fingerprint density at radius 1 is 0.920 bits per heavy atom. The molecule has 1 heterocycles. The van der Waals surface area contributed by atoms with E-state index in [9.17, 15) is 18.3 Å². The quantitative estimate of drug-likeness (QED) is 0.702. The molecular weight excluding hydrogens is 355 g/mol. The summed E-state index contributed by atoms with van der Waals surface area (Å²) in [7, 11) is 0. The molecule has 0 radical (unpaired) electrons. The minimum absolute atomic E-state index is 0.0514. The highest BCUT2D eigenvalue weighted by atomic mass is 35.5. The zero-order chi connectivity index (χ0) is 18.2. The van der Waals surface area contributed by atoms with Crippen LogP contribution in [0.15, 0.2) is 42.5 Å². The summed E-state index contributed by atoms with van der Waals surface area (Å²) < 4.78 is 38.0. The number of nitrogens with zero attached hydrogens (tertiary/aromatic N) is 3. The van der Waals surface area contributed by atoms with E-state index in [0.29, 0.717) is 16.1 Å². The van der Waals surface area contributed by atoms with Gasteiger partial charge in [-0.15, -0.1) is 0 Å². The van der Waals surface area contributed by atoms with Crippen molar-refractivity contribution in [2.45, 2.75) is 13.1 Å². The molecule has 0 fully saturated rings. The van der Waals surface area contributed by atoms with Crippen LogP contribution in [0.1, 0.15) is 11.1 Å². The van der Waals surface area contributed by atoms with Gasteiger partial charge in [-0.25, -0.2) is 4.98 Å². The Labute approximate surface area is 146 Å². The summed E-state index contributed by atoms with van der Waals surface area (Å²) in [6, 6.07) is 9.01. The van der Waals surface area contributed by atoms with Crippen LogP contribution in [-0.4, -0.2) is 20.1 Å². The molecule has 0 atom stereocenters. The van der Waals surface area contributed by atoms with Crippen molar-refractivity contribution in [1.82, 2.24) is 15.0 Å². The second kappa shape index (κ2) is 6.33. The molecule has 0 saturated carbocycles. The standard InChI is InChI=1S/C17H11ClF3N3O/c1-9-3-2-4-12(18)13(9)15-22-14(23-16(25)24-15)10-5-7-11(8-6-10)17(19,20)21/h2-8H,1H3,(H,22,23,24,25). The first kappa shape index (κ1) is 17.2. The number of hydrogen-bond donors (Lipinski definition) is 1. The monoisotopic (exact) mass is 365 g/mol. The summed E-state index contributed by atoms with van der Waals surface area (Å²) in [5.41, 5.74) is 0.847. The van der Waals surface area contributed by atoms with E-state index in [4.69, 9.17) is 11.6 Å². The maximum Gasteiger partial charge on any atom is 0.416 e. The van der Waals surface area contributed by atoms with Crippen LogP contribution in [0.25, 0.3) is 22.8 Å². The van der Waals surface area contributed by atoms with Crippen molar-refractivity contribution in [2.75, 3.05) is 0 Å². The van der Waals surface area contributed by atoms with Gasteiger partial charge in [0.2, 0.25) is 0 Å². The molecule has 0 aliphatic carbocycles. The van der Waals surface area contributed by atoms with Gasteiger partial charge < -0.3 is 5.11 Å². The Morgan fingerprint density at radius 2 is 1.56 bits per heavy atom. The maximum atomic E-state index is 12.7. The summed E-state index contributed by atoms with van der Waals surface area (Å²) >= 11 is 6.18. The van der Waals surface area contributed by atoms with Gasteiger partial charge in [-0.2, -0.15) is 23.1 Å². The van der Waals surface area contributed by atoms with Gasteiger partial charge in [-0.05, 0) is 30.7 Å². The summed E-state index contributed by atoms with van der Waals surface area (Å²) in [6.45, 7) is 1.81. The van der Waals surface area contributed by atoms with Gasteiger partial charge in [0.25, 0.3) is 0 Å². The summed E-state index contributed by atoms with van der Waals surface area (Å²) in [5.74, 6) is 0.195. The van der Waals surface area contributed by atoms with E-state index < -0.39 is 17.8 Å². The van der Waals surface area contributed by atoms with E-state index in [1.54, 1.807) is 25.1 Å². The number of rotatable bonds is 2. The Balaban J connectivity index is 2.09. The second-order valence-corrected chi connectivity index (χ2v) is 5.70. The van der Waals surface area contributed by atoms with E-state index >= 15 is 0 Å². The topological polar surface area (TPSA) is 58.9 Å². The molecule has 128 valence electrons. The molecule has 0 unspecified atom stereocenters. The number of alkyl halides is 3. The highest BCUT2D eigenvalue weighted by Gasteiger charge is 2.30. The third kappa shape index (κ3) is 3.56. The van der Waals surface area contributed by atoms with Gasteiger partial charge in [0.1, 0.15) is 0 Å². The molecule has 4 nitrogen and oxygen atoms in total. The van der Waals surface area contributed by atoms with Crippen LogP contribution >= 0.6 is 11.6 Å². The van der Waals surface area contributed by atoms with Crippen LogP contribution in [0.3, 0.4) is 0 Å². The molecule has 1 aromatic heterocycles. The molecule has 2 aromatic carbocycles. The SMILES string of the molecule is Cc1cccc(Cl)c1-c1nc(O)nc(-c2ccc(C(F)(F)F)cc2)n1. The second-order valence-electron chi connectivity index (χ2n) is 5.29. The van der Waals surface area contributed by atoms with E-state index in [1.807, 2.05) is 0 Å². The third-order valence-corrected chi connectivity index (χ3v) is 3.85.